The van der Waals surface area contributed by atoms with Crippen molar-refractivity contribution in [3.8, 4) is 0 Å². The number of amides is 3. The molecule has 0 saturated heterocycles. The molecular weight excluding hydrogens is 184 g/mol. The molecule has 1 aromatic rings. The lowest BCUT2D eigenvalue weighted by Crippen LogP contribution is -2.50. The fraction of sp³-hybridized carbons (Fsp3) is 0. The van der Waals surface area contributed by atoms with E-state index in [9.17, 15) is 9.59 Å². The average Bonchev–Trinajstić information content (AvgIpc) is 2.27. The highest BCUT2D eigenvalue weighted by Crippen LogP contribution is 2.01. The zero-order valence-corrected chi connectivity index (χ0v) is 7.31. The third-order valence-electron chi connectivity index (χ3n) is 1.58. The molecule has 0 aliphatic rings. The highest BCUT2D eigenvalue weighted by Gasteiger charge is 2.17. The third kappa shape index (κ3) is 2.06. The van der Waals surface area contributed by atoms with Crippen LogP contribution in [0.4, 0.5) is 4.79 Å². The molecule has 0 heterocycles. The van der Waals surface area contributed by atoms with Crippen LogP contribution in [0, 0.1) is 0 Å². The zero-order chi connectivity index (χ0) is 10.6. The van der Waals surface area contributed by atoms with Crippen molar-refractivity contribution in [1.82, 2.24) is 10.4 Å². The predicted molar refractivity (Wildman–Crippen MR) is 49.5 cm³/mol. The van der Waals surface area contributed by atoms with Gasteiger partial charge < -0.3 is 0 Å². The maximum absolute atomic E-state index is 11.4. The number of urea groups is 1. The zero-order valence-electron chi connectivity index (χ0n) is 7.31. The number of hydrogen-bond donors (Lipinski definition) is 3. The molecule has 3 amide bonds. The lowest BCUT2D eigenvalue weighted by molar-refractivity contribution is 0.0800. The summed E-state index contributed by atoms with van der Waals surface area (Å²) >= 11 is 0. The molecule has 1 rings (SSSR count). The predicted octanol–water partition coefficient (Wildman–Crippen LogP) is -0.414. The Morgan fingerprint density at radius 1 is 1.21 bits per heavy atom. The number of hydrogen-bond acceptors (Lipinski definition) is 4. The number of nitrogens with one attached hydrogen (secondary N) is 1. The van der Waals surface area contributed by atoms with Gasteiger partial charge in [-0.2, -0.15) is 5.01 Å². The molecule has 0 radical (unpaired) electrons. The second-order valence-electron chi connectivity index (χ2n) is 2.49. The maximum Gasteiger partial charge on any atom is 0.353 e. The molecule has 0 aliphatic heterocycles. The van der Waals surface area contributed by atoms with E-state index in [1.165, 1.54) is 0 Å². The van der Waals surface area contributed by atoms with Crippen LogP contribution in [0.1, 0.15) is 10.4 Å². The average molecular weight is 194 g/mol. The Balaban J connectivity index is 2.81. The lowest BCUT2D eigenvalue weighted by atomic mass is 10.2. The van der Waals surface area contributed by atoms with Crippen LogP contribution in [0.2, 0.25) is 0 Å². The van der Waals surface area contributed by atoms with E-state index in [0.717, 1.165) is 0 Å². The summed E-state index contributed by atoms with van der Waals surface area (Å²) in [4.78, 5) is 22.3. The Morgan fingerprint density at radius 2 is 1.79 bits per heavy atom. The van der Waals surface area contributed by atoms with Crippen LogP contribution in [-0.2, 0) is 0 Å². The summed E-state index contributed by atoms with van der Waals surface area (Å²) in [5.74, 6) is 9.39. The van der Waals surface area contributed by atoms with Crippen molar-refractivity contribution >= 4 is 11.9 Å². The van der Waals surface area contributed by atoms with Gasteiger partial charge in [-0.15, -0.1) is 0 Å². The first kappa shape index (κ1) is 10.2. The number of carbonyl (C=O) groups is 2. The van der Waals surface area contributed by atoms with Gasteiger partial charge in [-0.25, -0.2) is 16.5 Å². The van der Waals surface area contributed by atoms with Gasteiger partial charge in [0.1, 0.15) is 0 Å². The quantitative estimate of drug-likeness (QED) is 0.321. The number of benzene rings is 1. The molecule has 0 aromatic heterocycles. The van der Waals surface area contributed by atoms with Gasteiger partial charge in [0, 0.05) is 5.56 Å². The van der Waals surface area contributed by atoms with E-state index in [1.807, 2.05) is 0 Å². The normalized spacial score (nSPS) is 9.29. The number of nitrogens with two attached hydrogens (primary N) is 2. The molecule has 0 fully saturated rings. The van der Waals surface area contributed by atoms with Gasteiger partial charge >= 0.3 is 6.03 Å². The van der Waals surface area contributed by atoms with E-state index in [-0.39, 0.29) is 0 Å². The smallest absolute Gasteiger partial charge is 0.274 e. The number of imide groups is 1. The van der Waals surface area contributed by atoms with Crippen LogP contribution < -0.4 is 17.1 Å². The topological polar surface area (TPSA) is 101 Å². The Labute approximate surface area is 80.4 Å². The van der Waals surface area contributed by atoms with E-state index in [4.69, 9.17) is 11.7 Å². The van der Waals surface area contributed by atoms with E-state index in [2.05, 4.69) is 0 Å². The van der Waals surface area contributed by atoms with Crippen LogP contribution in [0.25, 0.3) is 0 Å². The SMILES string of the molecule is NNC(=O)N(N)C(=O)c1ccccc1. The van der Waals surface area contributed by atoms with E-state index < -0.39 is 11.9 Å². The van der Waals surface area contributed by atoms with Crippen molar-refractivity contribution in [3.05, 3.63) is 35.9 Å². The summed E-state index contributed by atoms with van der Waals surface area (Å²) in [6, 6.07) is 7.32. The van der Waals surface area contributed by atoms with Crippen molar-refractivity contribution in [3.63, 3.8) is 0 Å². The van der Waals surface area contributed by atoms with Crippen LogP contribution in [0.15, 0.2) is 30.3 Å². The largest absolute Gasteiger partial charge is 0.353 e. The van der Waals surface area contributed by atoms with Crippen LogP contribution in [-0.4, -0.2) is 16.9 Å². The maximum atomic E-state index is 11.4. The summed E-state index contributed by atoms with van der Waals surface area (Å²) in [7, 11) is 0. The van der Waals surface area contributed by atoms with Crippen molar-refractivity contribution in [2.45, 2.75) is 0 Å². The minimum Gasteiger partial charge on any atom is -0.274 e. The molecular formula is C8H10N4O2. The lowest BCUT2D eigenvalue weighted by Gasteiger charge is -2.13. The minimum absolute atomic E-state index is 0.318. The molecule has 0 bridgehead atoms. The molecule has 0 spiro atoms. The van der Waals surface area contributed by atoms with Crippen LogP contribution in [0.3, 0.4) is 0 Å². The molecule has 0 aliphatic carbocycles. The Bertz CT molecular complexity index is 338. The van der Waals surface area contributed by atoms with Crippen LogP contribution >= 0.6 is 0 Å². The Hall–Kier alpha value is -1.92. The van der Waals surface area contributed by atoms with Gasteiger partial charge in [-0.1, -0.05) is 18.2 Å². The molecule has 6 heteroatoms. The molecule has 0 atom stereocenters. The summed E-state index contributed by atoms with van der Waals surface area (Å²) in [6.45, 7) is 0. The number of carbonyl (C=O) groups excluding carboxylic acids is 2. The molecule has 74 valence electrons. The molecule has 0 unspecified atom stereocenters. The van der Waals surface area contributed by atoms with Gasteiger partial charge in [0.05, 0.1) is 0 Å². The van der Waals surface area contributed by atoms with E-state index in [1.54, 1.807) is 35.8 Å². The molecule has 5 N–H and O–H groups in total. The van der Waals surface area contributed by atoms with Gasteiger partial charge in [-0.3, -0.25) is 10.2 Å². The minimum atomic E-state index is -0.862. The Morgan fingerprint density at radius 3 is 2.29 bits per heavy atom. The third-order valence-corrected chi connectivity index (χ3v) is 1.58. The van der Waals surface area contributed by atoms with E-state index in [0.29, 0.717) is 10.6 Å². The van der Waals surface area contributed by atoms with Crippen molar-refractivity contribution in [2.75, 3.05) is 0 Å². The number of nitrogens with zero attached hydrogens (tertiary/aromatic N) is 1. The Kier molecular flexibility index (Phi) is 3.16. The van der Waals surface area contributed by atoms with Crippen LogP contribution in [0.5, 0.6) is 0 Å². The van der Waals surface area contributed by atoms with E-state index >= 15 is 0 Å². The molecule has 0 saturated carbocycles. The summed E-state index contributed by atoms with van der Waals surface area (Å²) in [5.41, 5.74) is 2.07. The first-order valence-corrected chi connectivity index (χ1v) is 3.81. The standard InChI is InChI=1S/C8H10N4O2/c9-11-8(14)12(10)7(13)6-4-2-1-3-5-6/h1-5H,9-10H2,(H,11,14). The first-order valence-electron chi connectivity index (χ1n) is 3.81. The number of rotatable bonds is 1. The van der Waals surface area contributed by atoms with Gasteiger partial charge in [0.15, 0.2) is 0 Å². The van der Waals surface area contributed by atoms with Gasteiger partial charge in [-0.05, 0) is 12.1 Å². The molecule has 14 heavy (non-hydrogen) atoms. The summed E-state index contributed by atoms with van der Waals surface area (Å²) in [5, 5.41) is 0.412. The number of hydrazine groups is 2. The van der Waals surface area contributed by atoms with Crippen molar-refractivity contribution < 1.29 is 9.59 Å². The molecule has 6 nitrogen and oxygen atoms in total. The summed E-state index contributed by atoms with van der Waals surface area (Å²) < 4.78 is 0. The van der Waals surface area contributed by atoms with Crippen molar-refractivity contribution in [2.24, 2.45) is 11.7 Å². The fourth-order valence-electron chi connectivity index (χ4n) is 0.882. The van der Waals surface area contributed by atoms with Crippen molar-refractivity contribution in [1.29, 1.82) is 0 Å². The monoisotopic (exact) mass is 194 g/mol. The second kappa shape index (κ2) is 4.35. The van der Waals surface area contributed by atoms with Gasteiger partial charge in [0.25, 0.3) is 5.91 Å². The highest BCUT2D eigenvalue weighted by atomic mass is 16.2. The second-order valence-corrected chi connectivity index (χ2v) is 2.49. The summed E-state index contributed by atoms with van der Waals surface area (Å²) in [6.07, 6.45) is 0. The van der Waals surface area contributed by atoms with Gasteiger partial charge in [0.2, 0.25) is 0 Å². The fourth-order valence-corrected chi connectivity index (χ4v) is 0.882. The molecule has 1 aromatic carbocycles. The first-order chi connectivity index (χ1) is 6.66. The highest BCUT2D eigenvalue weighted by molar-refractivity contribution is 6.03.